The van der Waals surface area contributed by atoms with Crippen molar-refractivity contribution < 1.29 is 13.7 Å². The van der Waals surface area contributed by atoms with Crippen LogP contribution in [0.5, 0.6) is 0 Å². The van der Waals surface area contributed by atoms with Crippen LogP contribution in [0.1, 0.15) is 171 Å². The Kier molecular flexibility index (Phi) is 19.3. The van der Waals surface area contributed by atoms with Gasteiger partial charge < -0.3 is 0 Å². The minimum atomic E-state index is 0.0337. The first-order chi connectivity index (χ1) is 50.3. The molecule has 12 heteroatoms. The quantitative estimate of drug-likeness (QED) is 0.135. The number of para-hydroxylation sites is 8. The molecule has 0 amide bonds. The first-order valence-electron chi connectivity index (χ1n) is 37.4. The predicted octanol–water partition coefficient (Wildman–Crippen LogP) is 24.2. The third kappa shape index (κ3) is 13.5. The zero-order chi connectivity index (χ0) is 75.4. The van der Waals surface area contributed by atoms with Crippen molar-refractivity contribution in [3.63, 3.8) is 0 Å². The van der Waals surface area contributed by atoms with Gasteiger partial charge in [-0.3, -0.25) is 0 Å². The van der Waals surface area contributed by atoms with Gasteiger partial charge >= 0.3 is 0 Å². The number of rotatable bonds is 9. The second kappa shape index (κ2) is 27.9. The molecule has 0 spiro atoms. The first-order valence-corrected chi connectivity index (χ1v) is 39.8. The zero-order valence-corrected chi connectivity index (χ0v) is 68.5. The fraction of sp³-hybridized carbons (Fsp3) is 0.298. The number of aryl methyl sites for hydroxylation is 6. The summed E-state index contributed by atoms with van der Waals surface area (Å²) in [7, 11) is 6.54. The molecular weight excluding hydrogens is 1350 g/mol. The maximum absolute atomic E-state index is 5.09. The van der Waals surface area contributed by atoms with E-state index in [9.17, 15) is 0 Å². The zero-order valence-electron chi connectivity index (χ0n) is 66.0. The van der Waals surface area contributed by atoms with Gasteiger partial charge in [0.2, 0.25) is 0 Å². The number of imidazole rings is 3. The van der Waals surface area contributed by atoms with E-state index in [2.05, 4.69) is 386 Å². The summed E-state index contributed by atoms with van der Waals surface area (Å²) in [6.45, 7) is 42.8. The molecule has 0 N–H and O–H groups in total. The summed E-state index contributed by atoms with van der Waals surface area (Å²) in [5, 5.41) is 3.54. The smallest absolute Gasteiger partial charge is 0.241 e. The van der Waals surface area contributed by atoms with Crippen molar-refractivity contribution in [2.24, 2.45) is 21.1 Å². The van der Waals surface area contributed by atoms with Crippen LogP contribution in [0.3, 0.4) is 0 Å². The van der Waals surface area contributed by atoms with Gasteiger partial charge in [0.15, 0.2) is 33.1 Å². The maximum Gasteiger partial charge on any atom is 0.295 e. The summed E-state index contributed by atoms with van der Waals surface area (Å²) in [4.78, 5) is 15.2. The number of fused-ring (bicyclic) bond motifs is 6. The highest BCUT2D eigenvalue weighted by Gasteiger charge is 2.35. The molecule has 0 saturated heterocycles. The number of hydrogen-bond donors (Lipinski definition) is 0. The van der Waals surface area contributed by atoms with Crippen molar-refractivity contribution in [1.29, 1.82) is 0 Å². The lowest BCUT2D eigenvalue weighted by atomic mass is 9.87. The van der Waals surface area contributed by atoms with Crippen LogP contribution in [0, 0.1) is 20.8 Å². The summed E-state index contributed by atoms with van der Waals surface area (Å²) < 4.78 is 18.1. The molecular formula is C94H102N9S3+3. The van der Waals surface area contributed by atoms with Crippen molar-refractivity contribution in [3.05, 3.63) is 255 Å². The van der Waals surface area contributed by atoms with Crippen molar-refractivity contribution >= 4 is 97.8 Å². The summed E-state index contributed by atoms with van der Waals surface area (Å²) in [6, 6.07) is 75.1. The summed E-state index contributed by atoms with van der Waals surface area (Å²) >= 11 is 5.44. The lowest BCUT2D eigenvalue weighted by Gasteiger charge is -2.18. The SMILES string of the molecule is Cc1cc2sc(C(C)(C)C)nc2cc1-c1n(-c2c(C(C)C)cccc2C(C)C)c2ccccc2[n+]1C.Cc1cc2sc(C(C)(C)C)nc2cc1-c1n(-c2ccc(C(C)(C)C)cc2)c2ccccc2[n+]1C.Cc1cc2sc(C(C)(C)C)nc2cc1-c1n(-c2ccccc2-c2ccccc2)c2ccccc2[n+]1C. The summed E-state index contributed by atoms with van der Waals surface area (Å²) in [5.74, 6) is 4.36. The van der Waals surface area contributed by atoms with Crippen LogP contribution in [0.4, 0.5) is 0 Å². The minimum Gasteiger partial charge on any atom is -0.241 e. The lowest BCUT2D eigenvalue weighted by Crippen LogP contribution is -2.30. The lowest BCUT2D eigenvalue weighted by molar-refractivity contribution is -0.634. The molecule has 0 radical (unpaired) electrons. The van der Waals surface area contributed by atoms with E-state index < -0.39 is 0 Å². The van der Waals surface area contributed by atoms with Gasteiger partial charge in [0.25, 0.3) is 17.5 Å². The van der Waals surface area contributed by atoms with Crippen LogP contribution in [0.25, 0.3) is 126 Å². The molecule has 16 aromatic rings. The maximum atomic E-state index is 5.09. The highest BCUT2D eigenvalue weighted by molar-refractivity contribution is 7.19. The molecule has 6 heterocycles. The van der Waals surface area contributed by atoms with Crippen LogP contribution >= 0.6 is 34.0 Å². The largest absolute Gasteiger partial charge is 0.295 e. The highest BCUT2D eigenvalue weighted by atomic mass is 32.1. The van der Waals surface area contributed by atoms with Gasteiger partial charge in [-0.1, -0.05) is 226 Å². The van der Waals surface area contributed by atoms with E-state index in [-0.39, 0.29) is 21.7 Å². The number of nitrogens with zero attached hydrogens (tertiary/aromatic N) is 9. The average Bonchev–Trinajstić information content (AvgIpc) is 1.60. The highest BCUT2D eigenvalue weighted by Crippen LogP contribution is 2.43. The normalized spacial score (nSPS) is 12.4. The topological polar surface area (TPSA) is 65.1 Å². The average molecular weight is 1450 g/mol. The fourth-order valence-corrected chi connectivity index (χ4v) is 18.2. The van der Waals surface area contributed by atoms with Crippen LogP contribution in [-0.4, -0.2) is 28.7 Å². The van der Waals surface area contributed by atoms with E-state index in [0.717, 1.165) is 22.4 Å². The number of thiazole rings is 3. The number of hydrogen-bond acceptors (Lipinski definition) is 6. The van der Waals surface area contributed by atoms with Gasteiger partial charge in [0.05, 0.1) is 83.5 Å². The molecule has 0 atom stereocenters. The molecule has 0 unspecified atom stereocenters. The second-order valence-electron chi connectivity index (χ2n) is 33.6. The Hall–Kier alpha value is -9.72. The Balaban J connectivity index is 0.000000134. The van der Waals surface area contributed by atoms with Gasteiger partial charge in [-0.2, -0.15) is 13.7 Å². The molecule has 10 aromatic carbocycles. The molecule has 0 aliphatic carbocycles. The third-order valence-corrected chi connectivity index (χ3v) is 25.0. The van der Waals surface area contributed by atoms with Crippen LogP contribution in [0.15, 0.2) is 206 Å². The van der Waals surface area contributed by atoms with E-state index in [1.54, 1.807) is 0 Å². The van der Waals surface area contributed by atoms with Gasteiger partial charge in [0, 0.05) is 32.9 Å². The molecule has 0 aliphatic rings. The standard InChI is InChI=1S/C32H30N3S.C32H38N3S.C30H34N3S/c1-21-19-29-25(33-31(36-29)32(2,3)4)20-24(21)30-34(5)27-17-11-12-18-28(27)35(30)26-16-10-9-15-23(26)22-13-7-6-8-14-22;1-19(2)22-13-12-14-23(20(3)4)29(22)35-27-16-11-10-15-26(27)34(9)30(35)24-18-25-28(17-21(24)5)36-31(33-25)32(6,7)8;1-19-17-26-23(31-28(34-26)30(5,6)7)18-22(19)27-32(8)24-11-9-10-12-25(24)33(27)21-15-13-20(14-16-21)29(2,3)4/h6-20H,1-5H3;10-20H,1-9H3;9-18H,1-8H3/q3*+1. The molecule has 0 saturated carbocycles. The Morgan fingerprint density at radius 1 is 0.340 bits per heavy atom. The first kappa shape index (κ1) is 73.2. The molecule has 106 heavy (non-hydrogen) atoms. The molecule has 538 valence electrons. The molecule has 6 aromatic heterocycles. The van der Waals surface area contributed by atoms with Crippen LogP contribution in [-0.2, 0) is 42.8 Å². The van der Waals surface area contributed by atoms with E-state index in [4.69, 9.17) is 15.0 Å². The Labute approximate surface area is 638 Å². The van der Waals surface area contributed by atoms with Gasteiger partial charge in [-0.05, 0) is 157 Å². The van der Waals surface area contributed by atoms with Gasteiger partial charge in [0.1, 0.15) is 17.1 Å². The Bertz CT molecular complexity index is 5990. The van der Waals surface area contributed by atoms with Crippen LogP contribution < -0.4 is 13.7 Å². The predicted molar refractivity (Wildman–Crippen MR) is 452 cm³/mol. The third-order valence-electron chi connectivity index (χ3n) is 20.7. The van der Waals surface area contributed by atoms with Crippen molar-refractivity contribution in [1.82, 2.24) is 28.7 Å². The molecule has 9 nitrogen and oxygen atoms in total. The minimum absolute atomic E-state index is 0.0337. The fourth-order valence-electron chi connectivity index (χ4n) is 14.9. The van der Waals surface area contributed by atoms with E-state index in [1.807, 2.05) is 34.0 Å². The molecule has 0 aliphatic heterocycles. The number of benzene rings is 10. The summed E-state index contributed by atoms with van der Waals surface area (Å²) in [6.07, 6.45) is 0. The van der Waals surface area contributed by atoms with E-state index >= 15 is 0 Å². The van der Waals surface area contributed by atoms with Crippen LogP contribution in [0.2, 0.25) is 0 Å². The molecule has 16 rings (SSSR count). The molecule has 0 bridgehead atoms. The van der Waals surface area contributed by atoms with Crippen molar-refractivity contribution in [3.8, 4) is 62.4 Å². The van der Waals surface area contributed by atoms with Gasteiger partial charge in [-0.25, -0.2) is 28.7 Å². The van der Waals surface area contributed by atoms with Crippen molar-refractivity contribution in [2.75, 3.05) is 0 Å². The Morgan fingerprint density at radius 3 is 1.08 bits per heavy atom. The van der Waals surface area contributed by atoms with Gasteiger partial charge in [-0.15, -0.1) is 34.0 Å². The second-order valence-corrected chi connectivity index (χ2v) is 36.7. The van der Waals surface area contributed by atoms with Crippen molar-refractivity contribution in [2.45, 2.75) is 165 Å². The Morgan fingerprint density at radius 2 is 0.689 bits per heavy atom. The van der Waals surface area contributed by atoms with E-state index in [1.165, 1.54) is 152 Å². The van der Waals surface area contributed by atoms with E-state index in [0.29, 0.717) is 11.8 Å². The number of aromatic nitrogens is 9. The monoisotopic (exact) mass is 1450 g/mol. The summed E-state index contributed by atoms with van der Waals surface area (Å²) in [5.41, 5.74) is 28.4. The molecule has 0 fully saturated rings.